The van der Waals surface area contributed by atoms with Crippen molar-refractivity contribution in [3.63, 3.8) is 0 Å². The summed E-state index contributed by atoms with van der Waals surface area (Å²) in [5.74, 6) is 2.15. The second-order valence-corrected chi connectivity index (χ2v) is 4.52. The summed E-state index contributed by atoms with van der Waals surface area (Å²) < 4.78 is 10.5. The first-order valence-corrected chi connectivity index (χ1v) is 6.65. The lowest BCUT2D eigenvalue weighted by Gasteiger charge is -2.00. The van der Waals surface area contributed by atoms with Gasteiger partial charge in [-0.2, -0.15) is 0 Å². The van der Waals surface area contributed by atoms with E-state index in [9.17, 15) is 4.79 Å². The number of aromatic nitrogens is 2. The van der Waals surface area contributed by atoms with Gasteiger partial charge in [-0.15, -0.1) is 0 Å². The van der Waals surface area contributed by atoms with Crippen LogP contribution in [0.25, 0.3) is 6.08 Å². The smallest absolute Gasteiger partial charge is 0.244 e. The van der Waals surface area contributed by atoms with Crippen molar-refractivity contribution in [3.8, 4) is 11.5 Å². The Balaban J connectivity index is 1.50. The Morgan fingerprint density at radius 2 is 2.29 bits per heavy atom. The molecule has 0 radical (unpaired) electrons. The quantitative estimate of drug-likeness (QED) is 0.816. The molecule has 0 aliphatic carbocycles. The van der Waals surface area contributed by atoms with Crippen LogP contribution in [0.5, 0.6) is 11.5 Å². The maximum Gasteiger partial charge on any atom is 0.244 e. The van der Waals surface area contributed by atoms with Crippen LogP contribution in [0, 0.1) is 0 Å². The number of benzene rings is 1. The monoisotopic (exact) mass is 285 g/mol. The molecule has 0 saturated carbocycles. The number of imidazole rings is 1. The Labute approximate surface area is 121 Å². The Bertz CT molecular complexity index is 650. The molecular weight excluding hydrogens is 270 g/mol. The van der Waals surface area contributed by atoms with Gasteiger partial charge in [0.2, 0.25) is 12.7 Å². The van der Waals surface area contributed by atoms with Gasteiger partial charge in [0, 0.05) is 31.4 Å². The lowest BCUT2D eigenvalue weighted by Crippen LogP contribution is -2.23. The van der Waals surface area contributed by atoms with E-state index in [0.29, 0.717) is 18.7 Å². The number of carbonyl (C=O) groups is 1. The van der Waals surface area contributed by atoms with Crippen molar-refractivity contribution >= 4 is 12.0 Å². The molecule has 3 rings (SSSR count). The number of amides is 1. The number of rotatable bonds is 5. The van der Waals surface area contributed by atoms with Crippen molar-refractivity contribution in [3.05, 3.63) is 48.1 Å². The molecule has 0 atom stereocenters. The van der Waals surface area contributed by atoms with Crippen LogP contribution in [-0.4, -0.2) is 29.2 Å². The molecule has 0 saturated heterocycles. The van der Waals surface area contributed by atoms with Crippen LogP contribution in [0.3, 0.4) is 0 Å². The average molecular weight is 285 g/mol. The van der Waals surface area contributed by atoms with Crippen LogP contribution in [0.1, 0.15) is 11.4 Å². The third-order valence-electron chi connectivity index (χ3n) is 3.04. The maximum atomic E-state index is 11.7. The number of nitrogens with one attached hydrogen (secondary N) is 2. The fourth-order valence-corrected chi connectivity index (χ4v) is 1.99. The first kappa shape index (κ1) is 13.2. The van der Waals surface area contributed by atoms with E-state index in [2.05, 4.69) is 15.3 Å². The summed E-state index contributed by atoms with van der Waals surface area (Å²) in [5, 5.41) is 2.80. The topological polar surface area (TPSA) is 76.2 Å². The van der Waals surface area contributed by atoms with Gasteiger partial charge in [0.15, 0.2) is 11.5 Å². The van der Waals surface area contributed by atoms with Crippen LogP contribution in [0.15, 0.2) is 36.7 Å². The molecule has 6 heteroatoms. The van der Waals surface area contributed by atoms with Gasteiger partial charge in [0.05, 0.1) is 0 Å². The zero-order chi connectivity index (χ0) is 14.5. The summed E-state index contributed by atoms with van der Waals surface area (Å²) in [5.41, 5.74) is 0.889. The maximum absolute atomic E-state index is 11.7. The molecule has 1 aromatic carbocycles. The number of hydrogen-bond donors (Lipinski definition) is 2. The second-order valence-electron chi connectivity index (χ2n) is 4.52. The molecule has 108 valence electrons. The SMILES string of the molecule is O=C(/C=C/c1ccc2c(c1)OCO2)NCCc1ncc[nH]1. The fourth-order valence-electron chi connectivity index (χ4n) is 1.99. The molecule has 21 heavy (non-hydrogen) atoms. The number of nitrogens with zero attached hydrogens (tertiary/aromatic N) is 1. The third kappa shape index (κ3) is 3.42. The molecule has 1 aromatic heterocycles. The van der Waals surface area contributed by atoms with Crippen molar-refractivity contribution in [2.45, 2.75) is 6.42 Å². The van der Waals surface area contributed by atoms with Crippen molar-refractivity contribution in [2.75, 3.05) is 13.3 Å². The van der Waals surface area contributed by atoms with E-state index in [0.717, 1.165) is 17.1 Å². The highest BCUT2D eigenvalue weighted by atomic mass is 16.7. The molecule has 0 bridgehead atoms. The van der Waals surface area contributed by atoms with E-state index < -0.39 is 0 Å². The van der Waals surface area contributed by atoms with Gasteiger partial charge in [0.1, 0.15) is 5.82 Å². The van der Waals surface area contributed by atoms with Crippen molar-refractivity contribution < 1.29 is 14.3 Å². The number of aromatic amines is 1. The summed E-state index contributed by atoms with van der Waals surface area (Å²) in [6.07, 6.45) is 7.37. The number of carbonyl (C=O) groups excluding carboxylic acids is 1. The number of hydrogen-bond acceptors (Lipinski definition) is 4. The zero-order valence-electron chi connectivity index (χ0n) is 11.3. The highest BCUT2D eigenvalue weighted by molar-refractivity contribution is 5.91. The largest absolute Gasteiger partial charge is 0.454 e. The molecule has 0 spiro atoms. The van der Waals surface area contributed by atoms with Crippen molar-refractivity contribution in [1.82, 2.24) is 15.3 Å². The Morgan fingerprint density at radius 1 is 1.38 bits per heavy atom. The Hall–Kier alpha value is -2.76. The van der Waals surface area contributed by atoms with Crippen LogP contribution in [0.2, 0.25) is 0 Å². The van der Waals surface area contributed by atoms with Crippen LogP contribution in [-0.2, 0) is 11.2 Å². The van der Waals surface area contributed by atoms with Crippen LogP contribution < -0.4 is 14.8 Å². The summed E-state index contributed by atoms with van der Waals surface area (Å²) in [6, 6.07) is 5.55. The number of H-pyrrole nitrogens is 1. The molecular formula is C15H15N3O3. The molecule has 1 aliphatic rings. The van der Waals surface area contributed by atoms with E-state index in [-0.39, 0.29) is 12.7 Å². The molecule has 1 aliphatic heterocycles. The predicted octanol–water partition coefficient (Wildman–Crippen LogP) is 1.51. The summed E-state index contributed by atoms with van der Waals surface area (Å²) >= 11 is 0. The lowest BCUT2D eigenvalue weighted by molar-refractivity contribution is -0.116. The van der Waals surface area contributed by atoms with E-state index in [4.69, 9.17) is 9.47 Å². The van der Waals surface area contributed by atoms with E-state index in [1.165, 1.54) is 6.08 Å². The minimum atomic E-state index is -0.140. The van der Waals surface area contributed by atoms with Gasteiger partial charge in [-0.3, -0.25) is 4.79 Å². The normalized spacial score (nSPS) is 12.8. The minimum Gasteiger partial charge on any atom is -0.454 e. The second kappa shape index (κ2) is 6.13. The molecule has 0 fully saturated rings. The van der Waals surface area contributed by atoms with Gasteiger partial charge < -0.3 is 19.8 Å². The van der Waals surface area contributed by atoms with Gasteiger partial charge >= 0.3 is 0 Å². The first-order chi connectivity index (χ1) is 10.3. The first-order valence-electron chi connectivity index (χ1n) is 6.65. The molecule has 2 aromatic rings. The third-order valence-corrected chi connectivity index (χ3v) is 3.04. The predicted molar refractivity (Wildman–Crippen MR) is 76.9 cm³/mol. The van der Waals surface area contributed by atoms with Crippen molar-refractivity contribution in [2.24, 2.45) is 0 Å². The molecule has 2 N–H and O–H groups in total. The molecule has 2 heterocycles. The van der Waals surface area contributed by atoms with Crippen LogP contribution >= 0.6 is 0 Å². The molecule has 1 amide bonds. The fraction of sp³-hybridized carbons (Fsp3) is 0.200. The van der Waals surface area contributed by atoms with Gasteiger partial charge in [-0.05, 0) is 23.8 Å². The van der Waals surface area contributed by atoms with E-state index >= 15 is 0 Å². The van der Waals surface area contributed by atoms with Crippen LogP contribution in [0.4, 0.5) is 0 Å². The summed E-state index contributed by atoms with van der Waals surface area (Å²) in [4.78, 5) is 18.8. The van der Waals surface area contributed by atoms with Gasteiger partial charge in [-0.1, -0.05) is 6.07 Å². The van der Waals surface area contributed by atoms with Gasteiger partial charge in [-0.25, -0.2) is 4.98 Å². The van der Waals surface area contributed by atoms with Crippen molar-refractivity contribution in [1.29, 1.82) is 0 Å². The summed E-state index contributed by atoms with van der Waals surface area (Å²) in [6.45, 7) is 0.785. The highest BCUT2D eigenvalue weighted by Crippen LogP contribution is 2.32. The Morgan fingerprint density at radius 3 is 3.14 bits per heavy atom. The average Bonchev–Trinajstić information content (AvgIpc) is 3.15. The lowest BCUT2D eigenvalue weighted by atomic mass is 10.2. The van der Waals surface area contributed by atoms with E-state index in [1.54, 1.807) is 18.5 Å². The highest BCUT2D eigenvalue weighted by Gasteiger charge is 2.12. The number of ether oxygens (including phenoxy) is 2. The zero-order valence-corrected chi connectivity index (χ0v) is 11.3. The molecule has 0 unspecified atom stereocenters. The minimum absolute atomic E-state index is 0.140. The molecule has 6 nitrogen and oxygen atoms in total. The standard InChI is InChI=1S/C15H15N3O3/c19-15(18-6-5-14-16-7-8-17-14)4-2-11-1-3-12-13(9-11)21-10-20-12/h1-4,7-9H,5-6,10H2,(H,16,17)(H,18,19)/b4-2+. The Kier molecular flexibility index (Phi) is 3.86. The summed E-state index contributed by atoms with van der Waals surface area (Å²) in [7, 11) is 0. The number of fused-ring (bicyclic) bond motifs is 1. The van der Waals surface area contributed by atoms with E-state index in [1.807, 2.05) is 18.2 Å². The van der Waals surface area contributed by atoms with Gasteiger partial charge in [0.25, 0.3) is 0 Å².